The van der Waals surface area contributed by atoms with Gasteiger partial charge in [0.05, 0.1) is 5.56 Å². The molecule has 160 valence electrons. The molecule has 0 spiro atoms. The molecule has 2 aromatic carbocycles. The van der Waals surface area contributed by atoms with E-state index in [0.717, 1.165) is 35.2 Å². The van der Waals surface area contributed by atoms with Crippen LogP contribution in [0.1, 0.15) is 61.0 Å². The van der Waals surface area contributed by atoms with Crippen LogP contribution in [0.2, 0.25) is 0 Å². The normalized spacial score (nSPS) is 14.8. The molecule has 3 aromatic rings. The molecule has 0 saturated carbocycles. The van der Waals surface area contributed by atoms with Gasteiger partial charge in [0.2, 0.25) is 0 Å². The summed E-state index contributed by atoms with van der Waals surface area (Å²) in [5.41, 5.74) is 8.52. The maximum absolute atomic E-state index is 13.0. The third-order valence-corrected chi connectivity index (χ3v) is 6.39. The van der Waals surface area contributed by atoms with Crippen molar-refractivity contribution in [2.75, 3.05) is 0 Å². The number of rotatable bonds is 5. The van der Waals surface area contributed by atoms with Crippen molar-refractivity contribution in [1.29, 1.82) is 0 Å². The van der Waals surface area contributed by atoms with Gasteiger partial charge in [-0.3, -0.25) is 9.59 Å². The number of carbonyl (C=O) groups excluding carboxylic acids is 2. The molecule has 1 aliphatic rings. The number of benzene rings is 2. The number of Topliss-reactive ketones (excluding diaryl/α,β-unsaturated/α-hetero) is 2. The molecule has 4 rings (SSSR count). The largest absolute Gasteiger partial charge is 1.00 e. The third kappa shape index (κ3) is 4.69. The topological polar surface area (TPSA) is 38.0 Å². The van der Waals surface area contributed by atoms with E-state index >= 15 is 0 Å². The third-order valence-electron chi connectivity index (χ3n) is 6.39. The Morgan fingerprint density at radius 3 is 2.42 bits per heavy atom. The Balaban J connectivity index is 0.00000272. The van der Waals surface area contributed by atoms with E-state index in [4.69, 9.17) is 0 Å². The average Bonchev–Trinajstić information content (AvgIpc) is 3.00. The first kappa shape index (κ1) is 23.1. The van der Waals surface area contributed by atoms with Crippen LogP contribution >= 0.6 is 0 Å². The standard InChI is InChI=1S/C27H28NO2.BrH/c1-17-7-5-6-8-22(17)15-28-10-9-21(26(16-28)20(4)29)13-24-14-23-11-18(2)19(3)12-25(23)27(24)30;/h5-12,16,24H,13-15H2,1-4H3;1H/q+1;/p-1. The fraction of sp³-hybridized carbons (Fsp3) is 0.296. The van der Waals surface area contributed by atoms with E-state index in [0.29, 0.717) is 12.0 Å². The number of aryl methyl sites for hydroxylation is 3. The van der Waals surface area contributed by atoms with Crippen molar-refractivity contribution in [3.05, 3.63) is 99.4 Å². The summed E-state index contributed by atoms with van der Waals surface area (Å²) in [5.74, 6) is 0.157. The van der Waals surface area contributed by atoms with Crippen molar-refractivity contribution >= 4 is 11.6 Å². The molecule has 1 aromatic heterocycles. The van der Waals surface area contributed by atoms with Crippen LogP contribution in [0.4, 0.5) is 0 Å². The van der Waals surface area contributed by atoms with Gasteiger partial charge in [0, 0.05) is 23.1 Å². The smallest absolute Gasteiger partial charge is 0.180 e. The summed E-state index contributed by atoms with van der Waals surface area (Å²) in [6.07, 6.45) is 5.32. The highest BCUT2D eigenvalue weighted by Crippen LogP contribution is 2.31. The first-order chi connectivity index (χ1) is 14.3. The lowest BCUT2D eigenvalue weighted by Crippen LogP contribution is -3.00. The van der Waals surface area contributed by atoms with E-state index in [1.165, 1.54) is 16.7 Å². The molecule has 1 unspecified atom stereocenters. The predicted octanol–water partition coefficient (Wildman–Crippen LogP) is 1.75. The Kier molecular flexibility index (Phi) is 6.90. The lowest BCUT2D eigenvalue weighted by Gasteiger charge is -2.11. The zero-order chi connectivity index (χ0) is 21.4. The molecule has 1 atom stereocenters. The summed E-state index contributed by atoms with van der Waals surface area (Å²) >= 11 is 0. The minimum Gasteiger partial charge on any atom is -1.00 e. The highest BCUT2D eigenvalue weighted by atomic mass is 79.9. The van der Waals surface area contributed by atoms with Crippen LogP contribution < -0.4 is 21.5 Å². The van der Waals surface area contributed by atoms with Crippen molar-refractivity contribution in [2.24, 2.45) is 5.92 Å². The van der Waals surface area contributed by atoms with Gasteiger partial charge in [-0.2, -0.15) is 0 Å². The molecular formula is C27H28BrNO2. The maximum Gasteiger partial charge on any atom is 0.180 e. The molecule has 0 amide bonds. The van der Waals surface area contributed by atoms with Crippen LogP contribution in [0, 0.1) is 26.7 Å². The molecule has 0 N–H and O–H groups in total. The van der Waals surface area contributed by atoms with E-state index in [1.54, 1.807) is 6.92 Å². The van der Waals surface area contributed by atoms with E-state index in [1.807, 2.05) is 36.7 Å². The fourth-order valence-corrected chi connectivity index (χ4v) is 4.43. The second kappa shape index (κ2) is 9.27. The van der Waals surface area contributed by atoms with Gasteiger partial charge < -0.3 is 17.0 Å². The zero-order valence-corrected chi connectivity index (χ0v) is 20.1. The van der Waals surface area contributed by atoms with Crippen molar-refractivity contribution in [3.8, 4) is 0 Å². The van der Waals surface area contributed by atoms with Crippen LogP contribution in [0.15, 0.2) is 54.9 Å². The number of nitrogens with zero attached hydrogens (tertiary/aromatic N) is 1. The number of halogens is 1. The first-order valence-electron chi connectivity index (χ1n) is 10.5. The van der Waals surface area contributed by atoms with Crippen molar-refractivity contribution in [3.63, 3.8) is 0 Å². The Labute approximate surface area is 194 Å². The van der Waals surface area contributed by atoms with Gasteiger partial charge >= 0.3 is 0 Å². The molecule has 4 heteroatoms. The minimum atomic E-state index is -0.0912. The second-order valence-electron chi connectivity index (χ2n) is 8.60. The van der Waals surface area contributed by atoms with Crippen LogP contribution in [-0.2, 0) is 19.4 Å². The number of pyridine rings is 1. The van der Waals surface area contributed by atoms with Crippen molar-refractivity contribution in [1.82, 2.24) is 0 Å². The van der Waals surface area contributed by atoms with Crippen LogP contribution in [0.5, 0.6) is 0 Å². The highest BCUT2D eigenvalue weighted by molar-refractivity contribution is 6.03. The van der Waals surface area contributed by atoms with E-state index in [2.05, 4.69) is 43.5 Å². The van der Waals surface area contributed by atoms with Crippen molar-refractivity contribution in [2.45, 2.75) is 47.1 Å². The first-order valence-corrected chi connectivity index (χ1v) is 10.5. The van der Waals surface area contributed by atoms with Crippen LogP contribution in [0.3, 0.4) is 0 Å². The zero-order valence-electron chi connectivity index (χ0n) is 18.5. The van der Waals surface area contributed by atoms with Gasteiger partial charge in [0.1, 0.15) is 0 Å². The molecule has 1 aliphatic carbocycles. The molecule has 31 heavy (non-hydrogen) atoms. The number of carbonyl (C=O) groups is 2. The van der Waals surface area contributed by atoms with E-state index in [-0.39, 0.29) is 34.5 Å². The molecular weight excluding hydrogens is 450 g/mol. The summed E-state index contributed by atoms with van der Waals surface area (Å²) in [6.45, 7) is 8.57. The molecule has 0 fully saturated rings. The lowest BCUT2D eigenvalue weighted by molar-refractivity contribution is -0.688. The minimum absolute atomic E-state index is 0. The summed E-state index contributed by atoms with van der Waals surface area (Å²) in [6, 6.07) is 14.5. The van der Waals surface area contributed by atoms with Gasteiger partial charge in [-0.05, 0) is 74.4 Å². The maximum atomic E-state index is 13.0. The summed E-state index contributed by atoms with van der Waals surface area (Å²) < 4.78 is 2.06. The quantitative estimate of drug-likeness (QED) is 0.414. The Hall–Kier alpha value is -2.59. The predicted molar refractivity (Wildman–Crippen MR) is 118 cm³/mol. The van der Waals surface area contributed by atoms with Gasteiger partial charge in [0.15, 0.2) is 30.5 Å². The summed E-state index contributed by atoms with van der Waals surface area (Å²) in [7, 11) is 0. The Bertz CT molecular complexity index is 1170. The van der Waals surface area contributed by atoms with Crippen LogP contribution in [0.25, 0.3) is 0 Å². The number of fused-ring (bicyclic) bond motifs is 1. The monoisotopic (exact) mass is 477 g/mol. The summed E-state index contributed by atoms with van der Waals surface area (Å²) in [5, 5.41) is 0. The molecule has 0 saturated heterocycles. The molecule has 3 nitrogen and oxygen atoms in total. The van der Waals surface area contributed by atoms with E-state index < -0.39 is 0 Å². The summed E-state index contributed by atoms with van der Waals surface area (Å²) in [4.78, 5) is 25.4. The number of hydrogen-bond donors (Lipinski definition) is 0. The van der Waals surface area contributed by atoms with Gasteiger partial charge in [-0.15, -0.1) is 0 Å². The number of hydrogen-bond acceptors (Lipinski definition) is 2. The highest BCUT2D eigenvalue weighted by Gasteiger charge is 2.32. The van der Waals surface area contributed by atoms with E-state index in [9.17, 15) is 9.59 Å². The van der Waals surface area contributed by atoms with Crippen molar-refractivity contribution < 1.29 is 31.1 Å². The average molecular weight is 478 g/mol. The number of ketones is 2. The van der Waals surface area contributed by atoms with Gasteiger partial charge in [-0.25, -0.2) is 4.57 Å². The lowest BCUT2D eigenvalue weighted by atomic mass is 9.92. The Morgan fingerprint density at radius 2 is 1.71 bits per heavy atom. The Morgan fingerprint density at radius 1 is 1.00 bits per heavy atom. The molecule has 0 radical (unpaired) electrons. The SMILES string of the molecule is CC(=O)c1c[n+](Cc2ccccc2C)ccc1CC1Cc2cc(C)c(C)cc2C1=O.[Br-]. The van der Waals surface area contributed by atoms with Gasteiger partial charge in [0.25, 0.3) is 0 Å². The fourth-order valence-electron chi connectivity index (χ4n) is 4.43. The molecule has 0 bridgehead atoms. The second-order valence-corrected chi connectivity index (χ2v) is 8.60. The van der Waals surface area contributed by atoms with Gasteiger partial charge in [-0.1, -0.05) is 30.3 Å². The van der Waals surface area contributed by atoms with Crippen LogP contribution in [-0.4, -0.2) is 11.6 Å². The molecule has 0 aliphatic heterocycles. The number of aromatic nitrogens is 1. The molecule has 1 heterocycles.